The van der Waals surface area contributed by atoms with Gasteiger partial charge in [-0.1, -0.05) is 33.6 Å². The molecule has 0 aromatic heterocycles. The number of rotatable bonds is 9. The van der Waals surface area contributed by atoms with E-state index in [0.29, 0.717) is 30.6 Å². The molecule has 3 rings (SSSR count). The zero-order chi connectivity index (χ0) is 24.6. The summed E-state index contributed by atoms with van der Waals surface area (Å²) >= 11 is 0. The third kappa shape index (κ3) is 4.37. The molecule has 1 fully saturated rings. The monoisotopic (exact) mass is 471 g/mol. The molecule has 1 aromatic rings. The molecule has 1 saturated heterocycles. The molecule has 0 bridgehead atoms. The van der Waals surface area contributed by atoms with Crippen molar-refractivity contribution in [2.45, 2.75) is 84.2 Å². The van der Waals surface area contributed by atoms with Crippen LogP contribution in [0, 0.1) is 0 Å². The summed E-state index contributed by atoms with van der Waals surface area (Å²) in [6.45, 7) is 7.07. The topological polar surface area (TPSA) is 64.6 Å². The van der Waals surface area contributed by atoms with E-state index in [9.17, 15) is 22.8 Å². The zero-order valence-electron chi connectivity index (χ0n) is 20.0. The van der Waals surface area contributed by atoms with Gasteiger partial charge in [0.05, 0.1) is 13.7 Å². The van der Waals surface area contributed by atoms with Crippen LogP contribution in [0.1, 0.15) is 69.2 Å². The molecule has 6 nitrogen and oxygen atoms in total. The average Bonchev–Trinajstić information content (AvgIpc) is 3.20. The van der Waals surface area contributed by atoms with Crippen molar-refractivity contribution in [1.29, 1.82) is 0 Å². The summed E-state index contributed by atoms with van der Waals surface area (Å²) in [6.07, 6.45) is -1.32. The lowest BCUT2D eigenvalue weighted by atomic mass is 9.86. The van der Waals surface area contributed by atoms with Crippen LogP contribution in [0.2, 0.25) is 0 Å². The van der Waals surface area contributed by atoms with Crippen LogP contribution in [0.3, 0.4) is 0 Å². The lowest BCUT2D eigenvalue weighted by Crippen LogP contribution is -2.56. The zero-order valence-corrected chi connectivity index (χ0v) is 20.0. The molecule has 2 aliphatic heterocycles. The molecule has 0 spiro atoms. The second kappa shape index (κ2) is 9.25. The Morgan fingerprint density at radius 3 is 2.39 bits per heavy atom. The maximum absolute atomic E-state index is 13.9. The third-order valence-corrected chi connectivity index (χ3v) is 7.03. The Morgan fingerprint density at radius 1 is 1.21 bits per heavy atom. The molecule has 0 saturated carbocycles. The van der Waals surface area contributed by atoms with Crippen molar-refractivity contribution in [2.24, 2.45) is 0 Å². The molecule has 2 aliphatic rings. The van der Waals surface area contributed by atoms with E-state index < -0.39 is 11.8 Å². The number of hydrogen-bond donors (Lipinski definition) is 1. The average molecular weight is 472 g/mol. The number of carbonyl (C=O) groups excluding carboxylic acids is 2. The number of benzene rings is 1. The minimum Gasteiger partial charge on any atom is -0.487 e. The standard InChI is InChI=1S/C24H33F3N2O4/c1-6-9-15-11-19-18(14-33-23(19,4)24(25,26)27)17(10-7-2)21(15)32-13-16(8-3)29(5)12-20(30)28-22(29)31/h11,16H,6-10,12-14H2,1-5H3/p+1. The van der Waals surface area contributed by atoms with Gasteiger partial charge in [-0.2, -0.15) is 13.2 Å². The Hall–Kier alpha value is -2.13. The second-order valence-electron chi connectivity index (χ2n) is 9.34. The van der Waals surface area contributed by atoms with Crippen molar-refractivity contribution >= 4 is 11.9 Å². The number of likely N-dealkylation sites (N-methyl/N-ethyl adjacent to an activating group) is 1. The number of hydrogen-bond acceptors (Lipinski definition) is 4. The fourth-order valence-corrected chi connectivity index (χ4v) is 4.91. The summed E-state index contributed by atoms with van der Waals surface area (Å²) in [5.74, 6) is 0.281. The van der Waals surface area contributed by atoms with Gasteiger partial charge in [0.1, 0.15) is 18.4 Å². The number of nitrogens with zero attached hydrogens (tertiary/aromatic N) is 1. The quantitative estimate of drug-likeness (QED) is 0.417. The molecule has 3 atom stereocenters. The first-order chi connectivity index (χ1) is 15.4. The maximum Gasteiger partial charge on any atom is 0.423 e. The lowest BCUT2D eigenvalue weighted by molar-refractivity contribution is -0.843. The van der Waals surface area contributed by atoms with Gasteiger partial charge in [-0.15, -0.1) is 0 Å². The van der Waals surface area contributed by atoms with E-state index in [2.05, 4.69) is 5.32 Å². The Labute approximate surface area is 193 Å². The van der Waals surface area contributed by atoms with Crippen molar-refractivity contribution < 1.29 is 36.7 Å². The predicted molar refractivity (Wildman–Crippen MR) is 117 cm³/mol. The molecule has 3 unspecified atom stereocenters. The molecule has 2 heterocycles. The van der Waals surface area contributed by atoms with Gasteiger partial charge >= 0.3 is 12.2 Å². The number of halogens is 3. The van der Waals surface area contributed by atoms with Gasteiger partial charge in [0.25, 0.3) is 5.91 Å². The fraction of sp³-hybridized carbons (Fsp3) is 0.667. The van der Waals surface area contributed by atoms with Crippen LogP contribution in [0.5, 0.6) is 5.75 Å². The summed E-state index contributed by atoms with van der Waals surface area (Å²) in [5, 5.41) is 2.36. The number of imide groups is 1. The van der Waals surface area contributed by atoms with Crippen molar-refractivity contribution in [1.82, 2.24) is 5.32 Å². The van der Waals surface area contributed by atoms with Crippen LogP contribution >= 0.6 is 0 Å². The summed E-state index contributed by atoms with van der Waals surface area (Å²) in [6, 6.07) is 0.962. The Morgan fingerprint density at radius 2 is 1.88 bits per heavy atom. The summed E-state index contributed by atoms with van der Waals surface area (Å²) in [7, 11) is 1.71. The van der Waals surface area contributed by atoms with Gasteiger partial charge in [-0.25, -0.2) is 14.6 Å². The minimum atomic E-state index is -4.53. The largest absolute Gasteiger partial charge is 0.487 e. The van der Waals surface area contributed by atoms with Crippen molar-refractivity contribution in [3.05, 3.63) is 28.3 Å². The van der Waals surface area contributed by atoms with Crippen LogP contribution in [0.15, 0.2) is 6.07 Å². The van der Waals surface area contributed by atoms with E-state index in [1.165, 1.54) is 0 Å². The van der Waals surface area contributed by atoms with Gasteiger partial charge in [0, 0.05) is 12.0 Å². The van der Waals surface area contributed by atoms with Crippen LogP contribution in [0.4, 0.5) is 18.0 Å². The molecule has 9 heteroatoms. The van der Waals surface area contributed by atoms with E-state index >= 15 is 0 Å². The van der Waals surface area contributed by atoms with Crippen LogP contribution < -0.4 is 10.1 Å². The maximum atomic E-state index is 13.9. The smallest absolute Gasteiger partial charge is 0.423 e. The van der Waals surface area contributed by atoms with Gasteiger partial charge in [-0.05, 0) is 42.5 Å². The number of nitrogens with one attached hydrogen (secondary N) is 1. The summed E-state index contributed by atoms with van der Waals surface area (Å²) < 4.78 is 53.3. The number of amides is 3. The number of carbonyl (C=O) groups is 2. The predicted octanol–water partition coefficient (Wildman–Crippen LogP) is 4.75. The number of ether oxygens (including phenoxy) is 2. The number of alkyl halides is 3. The third-order valence-electron chi connectivity index (χ3n) is 7.03. The van der Waals surface area contributed by atoms with Crippen molar-refractivity contribution in [2.75, 3.05) is 20.2 Å². The summed E-state index contributed by atoms with van der Waals surface area (Å²) in [4.78, 5) is 24.3. The second-order valence-corrected chi connectivity index (χ2v) is 9.34. The molecule has 1 N–H and O–H groups in total. The molecule has 33 heavy (non-hydrogen) atoms. The van der Waals surface area contributed by atoms with Crippen LogP contribution in [-0.2, 0) is 34.6 Å². The number of urea groups is 1. The first-order valence-corrected chi connectivity index (χ1v) is 11.6. The molecule has 0 aliphatic carbocycles. The first kappa shape index (κ1) is 25.5. The highest BCUT2D eigenvalue weighted by atomic mass is 19.4. The van der Waals surface area contributed by atoms with E-state index in [1.54, 1.807) is 13.1 Å². The molecular formula is C24H34F3N2O4+. The van der Waals surface area contributed by atoms with E-state index in [-0.39, 0.29) is 47.8 Å². The van der Waals surface area contributed by atoms with Gasteiger partial charge in [-0.3, -0.25) is 4.79 Å². The Kier molecular flexibility index (Phi) is 7.15. The highest BCUT2D eigenvalue weighted by molar-refractivity contribution is 5.97. The Balaban J connectivity index is 2.03. The van der Waals surface area contributed by atoms with Crippen LogP contribution in [-0.4, -0.2) is 48.8 Å². The van der Waals surface area contributed by atoms with Crippen LogP contribution in [0.25, 0.3) is 0 Å². The molecule has 1 aromatic carbocycles. The van der Waals surface area contributed by atoms with Gasteiger partial charge < -0.3 is 9.47 Å². The van der Waals surface area contributed by atoms with Gasteiger partial charge in [0.15, 0.2) is 12.1 Å². The Bertz CT molecular complexity index is 933. The summed E-state index contributed by atoms with van der Waals surface area (Å²) in [5.41, 5.74) is -0.144. The van der Waals surface area contributed by atoms with Crippen molar-refractivity contribution in [3.8, 4) is 5.75 Å². The number of fused-ring (bicyclic) bond motifs is 1. The SMILES string of the molecule is CCCc1cc2c(c(CCC)c1OCC(CC)[N+]1(C)CC(=O)NC1=O)COC2(C)C(F)(F)F. The van der Waals surface area contributed by atoms with E-state index in [4.69, 9.17) is 9.47 Å². The highest BCUT2D eigenvalue weighted by Crippen LogP contribution is 2.51. The minimum absolute atomic E-state index is 0.0479. The fourth-order valence-electron chi connectivity index (χ4n) is 4.91. The number of quaternary nitrogens is 1. The molecular weight excluding hydrogens is 437 g/mol. The number of aryl methyl sites for hydroxylation is 1. The highest BCUT2D eigenvalue weighted by Gasteiger charge is 2.58. The van der Waals surface area contributed by atoms with E-state index in [1.807, 2.05) is 20.8 Å². The van der Waals surface area contributed by atoms with Crippen molar-refractivity contribution in [3.63, 3.8) is 0 Å². The van der Waals surface area contributed by atoms with Gasteiger partial charge in [0.2, 0.25) is 0 Å². The van der Waals surface area contributed by atoms with E-state index in [0.717, 1.165) is 30.9 Å². The first-order valence-electron chi connectivity index (χ1n) is 11.6. The lowest BCUT2D eigenvalue weighted by Gasteiger charge is -2.33. The molecule has 0 radical (unpaired) electrons. The molecule has 184 valence electrons. The molecule has 3 amide bonds. The normalized spacial score (nSPS) is 25.8.